The second kappa shape index (κ2) is 9.40. The van der Waals surface area contributed by atoms with Gasteiger partial charge in [0, 0.05) is 62.6 Å². The highest BCUT2D eigenvalue weighted by molar-refractivity contribution is 7.89. The van der Waals surface area contributed by atoms with E-state index in [4.69, 9.17) is 0 Å². The van der Waals surface area contributed by atoms with Crippen LogP contribution in [0.25, 0.3) is 10.9 Å². The predicted octanol–water partition coefficient (Wildman–Crippen LogP) is 4.23. The molecule has 186 valence electrons. The molecule has 1 aromatic heterocycles. The first-order chi connectivity index (χ1) is 16.7. The van der Waals surface area contributed by atoms with Crippen LogP contribution in [0.3, 0.4) is 0 Å². The van der Waals surface area contributed by atoms with E-state index >= 15 is 0 Å². The Labute approximate surface area is 203 Å². The number of hydrogen-bond acceptors (Lipinski definition) is 5. The molecule has 0 saturated carbocycles. The molecule has 2 aliphatic heterocycles. The zero-order valence-electron chi connectivity index (χ0n) is 19.2. The Kier molecular flexibility index (Phi) is 6.45. The summed E-state index contributed by atoms with van der Waals surface area (Å²) in [6, 6.07) is 14.6. The summed E-state index contributed by atoms with van der Waals surface area (Å²) in [7, 11) is -3.65. The number of piperidine rings is 1. The van der Waals surface area contributed by atoms with Crippen LogP contribution >= 0.6 is 0 Å². The summed E-state index contributed by atoms with van der Waals surface area (Å²) in [6.45, 7) is 3.62. The fraction of sp³-hybridized carbons (Fsp3) is 0.400. The Bertz CT molecular complexity index is 1290. The van der Waals surface area contributed by atoms with E-state index in [0.717, 1.165) is 37.4 Å². The first kappa shape index (κ1) is 24.0. The average molecular weight is 505 g/mol. The molecule has 0 unspecified atom stereocenters. The van der Waals surface area contributed by atoms with E-state index in [1.165, 1.54) is 12.1 Å². The van der Waals surface area contributed by atoms with E-state index in [-0.39, 0.29) is 10.9 Å². The number of aromatic nitrogens is 1. The molecule has 0 atom stereocenters. The second-order valence-electron chi connectivity index (χ2n) is 9.04. The molecule has 0 bridgehead atoms. The summed E-state index contributed by atoms with van der Waals surface area (Å²) < 4.78 is 67.5. The van der Waals surface area contributed by atoms with Crippen LogP contribution in [0.4, 0.5) is 18.9 Å². The first-order valence-corrected chi connectivity index (χ1v) is 13.2. The smallest absolute Gasteiger partial charge is 0.369 e. The Balaban J connectivity index is 1.20. The van der Waals surface area contributed by atoms with Gasteiger partial charge >= 0.3 is 6.18 Å². The molecule has 0 amide bonds. The van der Waals surface area contributed by atoms with Crippen LogP contribution < -0.4 is 4.90 Å². The summed E-state index contributed by atoms with van der Waals surface area (Å²) >= 11 is 0. The SMILES string of the molecule is O=S(=O)(c1cccc2cccnc12)N1CCC(N2CCN(c3cccc(C(F)(F)F)c3)CC2)CC1. The number of pyridine rings is 1. The van der Waals surface area contributed by atoms with E-state index in [0.29, 0.717) is 37.4 Å². The van der Waals surface area contributed by atoms with Crippen LogP contribution in [0.5, 0.6) is 0 Å². The van der Waals surface area contributed by atoms with Crippen molar-refractivity contribution in [3.63, 3.8) is 0 Å². The molecule has 2 saturated heterocycles. The van der Waals surface area contributed by atoms with Crippen LogP contribution in [0.2, 0.25) is 0 Å². The highest BCUT2D eigenvalue weighted by Crippen LogP contribution is 2.32. The number of alkyl halides is 3. The summed E-state index contributed by atoms with van der Waals surface area (Å²) in [5.41, 5.74) is 0.444. The summed E-state index contributed by atoms with van der Waals surface area (Å²) in [6.07, 6.45) is -1.30. The zero-order chi connectivity index (χ0) is 24.6. The van der Waals surface area contributed by atoms with E-state index in [1.54, 1.807) is 34.8 Å². The lowest BCUT2D eigenvalue weighted by Gasteiger charge is -2.43. The topological polar surface area (TPSA) is 56.8 Å². The molecule has 0 N–H and O–H groups in total. The zero-order valence-corrected chi connectivity index (χ0v) is 20.0. The van der Waals surface area contributed by atoms with Gasteiger partial charge < -0.3 is 4.90 Å². The van der Waals surface area contributed by atoms with Crippen molar-refractivity contribution in [3.05, 3.63) is 66.4 Å². The average Bonchev–Trinajstić information content (AvgIpc) is 2.88. The maximum absolute atomic E-state index is 13.4. The lowest BCUT2D eigenvalue weighted by molar-refractivity contribution is -0.137. The summed E-state index contributed by atoms with van der Waals surface area (Å²) in [4.78, 5) is 8.87. The number of para-hydroxylation sites is 1. The molecule has 35 heavy (non-hydrogen) atoms. The van der Waals surface area contributed by atoms with Gasteiger partial charge in [0.15, 0.2) is 0 Å². The third-order valence-corrected chi connectivity index (χ3v) is 8.94. The van der Waals surface area contributed by atoms with Crippen molar-refractivity contribution in [3.8, 4) is 0 Å². The molecule has 10 heteroatoms. The molecule has 0 aliphatic carbocycles. The van der Waals surface area contributed by atoms with E-state index in [1.807, 2.05) is 17.0 Å². The van der Waals surface area contributed by atoms with Crippen LogP contribution in [-0.4, -0.2) is 67.9 Å². The van der Waals surface area contributed by atoms with Crippen molar-refractivity contribution in [1.29, 1.82) is 0 Å². The van der Waals surface area contributed by atoms with Crippen molar-refractivity contribution < 1.29 is 21.6 Å². The minimum atomic E-state index is -4.35. The molecule has 0 radical (unpaired) electrons. The highest BCUT2D eigenvalue weighted by atomic mass is 32.2. The van der Waals surface area contributed by atoms with Crippen LogP contribution in [0.1, 0.15) is 18.4 Å². The van der Waals surface area contributed by atoms with E-state index < -0.39 is 21.8 Å². The quantitative estimate of drug-likeness (QED) is 0.532. The molecule has 2 aliphatic rings. The number of hydrogen-bond donors (Lipinski definition) is 0. The van der Waals surface area contributed by atoms with Crippen molar-refractivity contribution >= 4 is 26.6 Å². The standard InChI is InChI=1S/C25H27F3N4O2S/c26-25(27,28)20-6-2-7-22(18-20)31-16-14-30(15-17-31)21-9-12-32(13-10-21)35(33,34)23-8-1-4-19-5-3-11-29-24(19)23/h1-8,11,18,21H,9-10,12-17H2. The van der Waals surface area contributed by atoms with E-state index in [2.05, 4.69) is 9.88 Å². The molecule has 2 fully saturated rings. The van der Waals surface area contributed by atoms with Crippen LogP contribution in [0.15, 0.2) is 65.7 Å². The van der Waals surface area contributed by atoms with Crippen molar-refractivity contribution in [2.24, 2.45) is 0 Å². The fourth-order valence-corrected chi connectivity index (χ4v) is 6.73. The van der Waals surface area contributed by atoms with Crippen molar-refractivity contribution in [1.82, 2.24) is 14.2 Å². The maximum atomic E-state index is 13.4. The number of halogens is 3. The molecule has 3 heterocycles. The van der Waals surface area contributed by atoms with Gasteiger partial charge in [0.25, 0.3) is 0 Å². The molecule has 6 nitrogen and oxygen atoms in total. The minimum Gasteiger partial charge on any atom is -0.369 e. The van der Waals surface area contributed by atoms with Gasteiger partial charge in [0.2, 0.25) is 10.0 Å². The van der Waals surface area contributed by atoms with Gasteiger partial charge in [-0.3, -0.25) is 9.88 Å². The van der Waals surface area contributed by atoms with E-state index in [9.17, 15) is 21.6 Å². The van der Waals surface area contributed by atoms with Crippen molar-refractivity contribution in [2.45, 2.75) is 30.0 Å². The molecule has 5 rings (SSSR count). The van der Waals surface area contributed by atoms with Crippen LogP contribution in [-0.2, 0) is 16.2 Å². The molecule has 2 aromatic carbocycles. The molecular weight excluding hydrogens is 477 g/mol. The largest absolute Gasteiger partial charge is 0.416 e. The number of piperazine rings is 1. The monoisotopic (exact) mass is 504 g/mol. The first-order valence-electron chi connectivity index (χ1n) is 11.7. The number of rotatable bonds is 4. The van der Waals surface area contributed by atoms with Crippen LogP contribution in [0, 0.1) is 0 Å². The Hall–Kier alpha value is -2.69. The molecule has 0 spiro atoms. The van der Waals surface area contributed by atoms with Gasteiger partial charge in [-0.1, -0.05) is 24.3 Å². The van der Waals surface area contributed by atoms with Gasteiger partial charge in [-0.15, -0.1) is 0 Å². The molecule has 3 aromatic rings. The highest BCUT2D eigenvalue weighted by Gasteiger charge is 2.34. The number of anilines is 1. The predicted molar refractivity (Wildman–Crippen MR) is 129 cm³/mol. The third-order valence-electron chi connectivity index (χ3n) is 7.01. The summed E-state index contributed by atoms with van der Waals surface area (Å²) in [5, 5.41) is 0.794. The third kappa shape index (κ3) is 4.87. The number of nitrogens with zero attached hydrogens (tertiary/aromatic N) is 4. The second-order valence-corrected chi connectivity index (χ2v) is 10.9. The van der Waals surface area contributed by atoms with Gasteiger partial charge in [-0.05, 0) is 43.2 Å². The number of fused-ring (bicyclic) bond motifs is 1. The Morgan fingerprint density at radius 2 is 1.54 bits per heavy atom. The Morgan fingerprint density at radius 1 is 0.857 bits per heavy atom. The van der Waals surface area contributed by atoms with Gasteiger partial charge in [-0.2, -0.15) is 17.5 Å². The van der Waals surface area contributed by atoms with Gasteiger partial charge in [-0.25, -0.2) is 8.42 Å². The number of benzene rings is 2. The van der Waals surface area contributed by atoms with Gasteiger partial charge in [0.05, 0.1) is 11.1 Å². The Morgan fingerprint density at radius 3 is 2.26 bits per heavy atom. The fourth-order valence-electron chi connectivity index (χ4n) is 5.10. The lowest BCUT2D eigenvalue weighted by atomic mass is 10.0. The minimum absolute atomic E-state index is 0.240. The lowest BCUT2D eigenvalue weighted by Crippen LogP contribution is -2.53. The van der Waals surface area contributed by atoms with Gasteiger partial charge in [0.1, 0.15) is 4.90 Å². The number of sulfonamides is 1. The van der Waals surface area contributed by atoms with Crippen molar-refractivity contribution in [2.75, 3.05) is 44.2 Å². The normalized spacial score (nSPS) is 19.3. The molecular formula is C25H27F3N4O2S. The summed E-state index contributed by atoms with van der Waals surface area (Å²) in [5.74, 6) is 0. The maximum Gasteiger partial charge on any atom is 0.416 e.